The van der Waals surface area contributed by atoms with Crippen molar-refractivity contribution in [2.24, 2.45) is 11.7 Å². The van der Waals surface area contributed by atoms with Gasteiger partial charge in [-0.15, -0.1) is 0 Å². The standard InChI is InChI=1S/C28H41FN4O3.H2/c1-5-6-15-36-23-10-7-20(8-11-23)28(35)32(4)22-9-12-26(24(29)17-22)33-14-13-21(18-33)31-25(27(30)34)16-19(2)3;/h7-12,17,19,21,25,27,31,34H,5-6,13-16,18,30H2,1-4H3;1H. The predicted molar refractivity (Wildman–Crippen MR) is 145 cm³/mol. The molecule has 1 aliphatic rings. The van der Waals surface area contributed by atoms with E-state index in [4.69, 9.17) is 10.5 Å². The Morgan fingerprint density at radius 1 is 1.31 bits per heavy atom. The lowest BCUT2D eigenvalue weighted by atomic mass is 10.0. The van der Waals surface area contributed by atoms with Gasteiger partial charge in [0.25, 0.3) is 5.91 Å². The SMILES string of the molecule is CCCCOc1ccc(C(=O)N(C)c2ccc(N3CCC(NC(CC(C)C)C(N)O)C3)c(F)c2)cc1.[HH]. The van der Waals surface area contributed by atoms with E-state index in [0.29, 0.717) is 42.6 Å². The molecule has 1 saturated heterocycles. The molecule has 0 bridgehead atoms. The molecule has 4 N–H and O–H groups in total. The molecule has 1 heterocycles. The van der Waals surface area contributed by atoms with Crippen LogP contribution in [0.5, 0.6) is 5.75 Å². The minimum Gasteiger partial charge on any atom is -0.494 e. The number of aliphatic hydroxyl groups excluding tert-OH is 1. The lowest BCUT2D eigenvalue weighted by Crippen LogP contribution is -2.50. The van der Waals surface area contributed by atoms with Crippen LogP contribution in [0.15, 0.2) is 42.5 Å². The van der Waals surface area contributed by atoms with E-state index >= 15 is 4.39 Å². The van der Waals surface area contributed by atoms with Crippen molar-refractivity contribution < 1.29 is 20.5 Å². The molecule has 3 unspecified atom stereocenters. The van der Waals surface area contributed by atoms with Crippen molar-refractivity contribution in [3.8, 4) is 5.75 Å². The molecule has 2 aromatic carbocycles. The van der Waals surface area contributed by atoms with Crippen molar-refractivity contribution >= 4 is 17.3 Å². The van der Waals surface area contributed by atoms with Gasteiger partial charge in [0, 0.05) is 44.9 Å². The third-order valence-corrected chi connectivity index (χ3v) is 6.61. The van der Waals surface area contributed by atoms with Gasteiger partial charge >= 0.3 is 0 Å². The Kier molecular flexibility index (Phi) is 10.1. The number of nitrogens with two attached hydrogens (primary N) is 1. The number of unbranched alkanes of at least 4 members (excludes halogenated alkanes) is 1. The fourth-order valence-corrected chi connectivity index (χ4v) is 4.53. The number of nitrogens with zero attached hydrogens (tertiary/aromatic N) is 2. The number of amides is 1. The zero-order valence-electron chi connectivity index (χ0n) is 21.9. The van der Waals surface area contributed by atoms with Crippen LogP contribution in [-0.2, 0) is 0 Å². The van der Waals surface area contributed by atoms with Gasteiger partial charge in [0.15, 0.2) is 0 Å². The summed E-state index contributed by atoms with van der Waals surface area (Å²) in [5, 5.41) is 13.4. The first kappa shape index (κ1) is 27.9. The average Bonchev–Trinajstić information content (AvgIpc) is 3.31. The van der Waals surface area contributed by atoms with E-state index in [1.165, 1.54) is 11.0 Å². The maximum atomic E-state index is 15.1. The van der Waals surface area contributed by atoms with Gasteiger partial charge in [-0.2, -0.15) is 0 Å². The molecule has 0 saturated carbocycles. The number of hydrogen-bond donors (Lipinski definition) is 3. The highest BCUT2D eigenvalue weighted by Crippen LogP contribution is 2.28. The van der Waals surface area contributed by atoms with Crippen LogP contribution in [-0.4, -0.2) is 56.1 Å². The van der Waals surface area contributed by atoms with Crippen LogP contribution in [0.4, 0.5) is 15.8 Å². The molecule has 0 aliphatic carbocycles. The van der Waals surface area contributed by atoms with Crippen LogP contribution in [0.25, 0.3) is 0 Å². The molecule has 0 spiro atoms. The van der Waals surface area contributed by atoms with Gasteiger partial charge in [-0.25, -0.2) is 4.39 Å². The quantitative estimate of drug-likeness (QED) is 0.295. The van der Waals surface area contributed by atoms with E-state index in [2.05, 4.69) is 26.1 Å². The van der Waals surface area contributed by atoms with Gasteiger partial charge in [0.1, 0.15) is 17.8 Å². The zero-order chi connectivity index (χ0) is 26.2. The number of benzene rings is 2. The van der Waals surface area contributed by atoms with Crippen LogP contribution in [0.2, 0.25) is 0 Å². The second kappa shape index (κ2) is 13.0. The number of hydrogen-bond acceptors (Lipinski definition) is 6. The summed E-state index contributed by atoms with van der Waals surface area (Å²) in [6.45, 7) is 8.26. The van der Waals surface area contributed by atoms with E-state index in [1.54, 1.807) is 43.4 Å². The third kappa shape index (κ3) is 7.41. The van der Waals surface area contributed by atoms with Crippen LogP contribution in [0.1, 0.15) is 58.2 Å². The largest absolute Gasteiger partial charge is 0.494 e. The molecule has 1 fully saturated rings. The first-order chi connectivity index (χ1) is 17.2. The summed E-state index contributed by atoms with van der Waals surface area (Å²) in [6.07, 6.45) is 2.71. The van der Waals surface area contributed by atoms with Gasteiger partial charge in [0.05, 0.1) is 12.3 Å². The van der Waals surface area contributed by atoms with E-state index < -0.39 is 6.23 Å². The number of ether oxygens (including phenoxy) is 1. The van der Waals surface area contributed by atoms with Crippen molar-refractivity contribution in [2.75, 3.05) is 36.5 Å². The van der Waals surface area contributed by atoms with Gasteiger partial charge in [-0.3, -0.25) is 4.79 Å². The monoisotopic (exact) mass is 502 g/mol. The molecule has 3 rings (SSSR count). The lowest BCUT2D eigenvalue weighted by Gasteiger charge is -2.27. The van der Waals surface area contributed by atoms with Crippen molar-refractivity contribution in [1.82, 2.24) is 5.32 Å². The third-order valence-electron chi connectivity index (χ3n) is 6.61. The molecule has 200 valence electrons. The maximum absolute atomic E-state index is 15.1. The molecule has 0 aromatic heterocycles. The molecular formula is C28H43FN4O3. The molecule has 36 heavy (non-hydrogen) atoms. The topological polar surface area (TPSA) is 91.1 Å². The van der Waals surface area contributed by atoms with Gasteiger partial charge in [0.2, 0.25) is 0 Å². The molecule has 2 aromatic rings. The van der Waals surface area contributed by atoms with E-state index in [1.807, 2.05) is 4.90 Å². The van der Waals surface area contributed by atoms with E-state index in [9.17, 15) is 9.90 Å². The molecular weight excluding hydrogens is 459 g/mol. The molecule has 0 radical (unpaired) electrons. The first-order valence-corrected chi connectivity index (χ1v) is 12.9. The predicted octanol–water partition coefficient (Wildman–Crippen LogP) is 4.39. The Hall–Kier alpha value is -2.68. The Bertz CT molecular complexity index is 990. The Morgan fingerprint density at radius 3 is 2.64 bits per heavy atom. The van der Waals surface area contributed by atoms with Crippen molar-refractivity contribution in [1.29, 1.82) is 0 Å². The number of halogens is 1. The normalized spacial score (nSPS) is 17.3. The Labute approximate surface area is 215 Å². The Balaban J connectivity index is 0.00000481. The van der Waals surface area contributed by atoms with Gasteiger partial charge in [-0.05, 0) is 67.6 Å². The summed E-state index contributed by atoms with van der Waals surface area (Å²) in [7, 11) is 1.64. The highest BCUT2D eigenvalue weighted by molar-refractivity contribution is 6.05. The van der Waals surface area contributed by atoms with Gasteiger partial charge < -0.3 is 30.7 Å². The highest BCUT2D eigenvalue weighted by atomic mass is 19.1. The summed E-state index contributed by atoms with van der Waals surface area (Å²) < 4.78 is 20.8. The van der Waals surface area contributed by atoms with Crippen molar-refractivity contribution in [3.63, 3.8) is 0 Å². The summed E-state index contributed by atoms with van der Waals surface area (Å²) in [5.74, 6) is 0.544. The number of nitrogens with one attached hydrogen (secondary N) is 1. The van der Waals surface area contributed by atoms with Crippen LogP contribution >= 0.6 is 0 Å². The number of anilines is 2. The first-order valence-electron chi connectivity index (χ1n) is 12.9. The smallest absolute Gasteiger partial charge is 0.258 e. The number of aliphatic hydroxyl groups is 1. The zero-order valence-corrected chi connectivity index (χ0v) is 21.9. The fraction of sp³-hybridized carbons (Fsp3) is 0.536. The minimum absolute atomic E-state index is 0. The summed E-state index contributed by atoms with van der Waals surface area (Å²) in [6, 6.07) is 11.8. The number of rotatable bonds is 12. The molecule has 1 amide bonds. The molecule has 3 atom stereocenters. The Morgan fingerprint density at radius 2 is 2.03 bits per heavy atom. The lowest BCUT2D eigenvalue weighted by molar-refractivity contribution is 0.0993. The molecule has 8 heteroatoms. The maximum Gasteiger partial charge on any atom is 0.258 e. The molecule has 1 aliphatic heterocycles. The van der Waals surface area contributed by atoms with E-state index in [-0.39, 0.29) is 25.2 Å². The summed E-state index contributed by atoms with van der Waals surface area (Å²) in [5.41, 5.74) is 7.26. The summed E-state index contributed by atoms with van der Waals surface area (Å²) >= 11 is 0. The number of carbonyl (C=O) groups excluding carboxylic acids is 1. The summed E-state index contributed by atoms with van der Waals surface area (Å²) in [4.78, 5) is 16.4. The van der Waals surface area contributed by atoms with E-state index in [0.717, 1.165) is 31.4 Å². The van der Waals surface area contributed by atoms with Crippen molar-refractivity contribution in [2.45, 2.75) is 64.8 Å². The second-order valence-corrected chi connectivity index (χ2v) is 10.1. The van der Waals surface area contributed by atoms with Gasteiger partial charge in [-0.1, -0.05) is 27.2 Å². The fourth-order valence-electron chi connectivity index (χ4n) is 4.53. The van der Waals surface area contributed by atoms with Crippen LogP contribution in [0.3, 0.4) is 0 Å². The second-order valence-electron chi connectivity index (χ2n) is 10.1. The average molecular weight is 503 g/mol. The van der Waals surface area contributed by atoms with Crippen molar-refractivity contribution in [3.05, 3.63) is 53.8 Å². The minimum atomic E-state index is -0.935. The highest BCUT2D eigenvalue weighted by Gasteiger charge is 2.28. The van der Waals surface area contributed by atoms with Crippen LogP contribution < -0.4 is 25.6 Å². The molecule has 7 nitrogen and oxygen atoms in total. The number of carbonyl (C=O) groups is 1. The van der Waals surface area contributed by atoms with Crippen LogP contribution in [0, 0.1) is 11.7 Å².